The van der Waals surface area contributed by atoms with Gasteiger partial charge in [0.05, 0.1) is 21.9 Å². The molecule has 0 saturated heterocycles. The van der Waals surface area contributed by atoms with E-state index in [1.165, 1.54) is 99.7 Å². The quantitative estimate of drug-likeness (QED) is 0.133. The Morgan fingerprint density at radius 2 is 0.585 bits per heavy atom. The van der Waals surface area contributed by atoms with Gasteiger partial charge in [-0.15, -0.1) is 0 Å². The number of benzene rings is 13. The van der Waals surface area contributed by atoms with E-state index in [2.05, 4.69) is 337 Å². The zero-order valence-corrected chi connectivity index (χ0v) is 45.1. The van der Waals surface area contributed by atoms with Crippen LogP contribution in [-0.4, -0.2) is 4.57 Å². The Hall–Kier alpha value is -10.5. The number of fused-ring (bicyclic) bond motifs is 9. The lowest BCUT2D eigenvalue weighted by Gasteiger charge is -2.35. The fourth-order valence-electron chi connectivity index (χ4n) is 14.3. The molecule has 0 bridgehead atoms. The van der Waals surface area contributed by atoms with Gasteiger partial charge >= 0.3 is 0 Å². The smallest absolute Gasteiger partial charge is 0.0714 e. The Balaban J connectivity index is 0.823. The van der Waals surface area contributed by atoms with E-state index in [1.807, 2.05) is 0 Å². The number of aromatic nitrogens is 1. The van der Waals surface area contributed by atoms with Crippen molar-refractivity contribution in [3.05, 3.63) is 372 Å². The Labute approximate surface area is 478 Å². The molecule has 0 spiro atoms. The van der Waals surface area contributed by atoms with Gasteiger partial charge in [-0.25, -0.2) is 0 Å². The van der Waals surface area contributed by atoms with Crippen LogP contribution in [0, 0.1) is 0 Å². The lowest BCUT2D eigenvalue weighted by molar-refractivity contribution is 0.768. The van der Waals surface area contributed by atoms with Crippen LogP contribution >= 0.6 is 0 Å². The monoisotopic (exact) mass is 1040 g/mol. The number of rotatable bonds is 10. The summed E-state index contributed by atoms with van der Waals surface area (Å²) in [6, 6.07) is 121. The molecule has 82 heavy (non-hydrogen) atoms. The van der Waals surface area contributed by atoms with Crippen molar-refractivity contribution in [2.75, 3.05) is 4.90 Å². The number of hydrogen-bond donors (Lipinski definition) is 0. The van der Waals surface area contributed by atoms with Gasteiger partial charge in [-0.1, -0.05) is 261 Å². The van der Waals surface area contributed by atoms with Crippen LogP contribution in [-0.2, 0) is 10.8 Å². The highest BCUT2D eigenvalue weighted by Gasteiger charge is 2.47. The number of anilines is 3. The van der Waals surface area contributed by atoms with Gasteiger partial charge < -0.3 is 9.47 Å². The van der Waals surface area contributed by atoms with Crippen LogP contribution in [0.1, 0.15) is 44.5 Å². The van der Waals surface area contributed by atoms with Crippen molar-refractivity contribution in [3.8, 4) is 50.2 Å². The first-order chi connectivity index (χ1) is 40.7. The third kappa shape index (κ3) is 7.14. The predicted molar refractivity (Wildman–Crippen MR) is 341 cm³/mol. The van der Waals surface area contributed by atoms with Gasteiger partial charge in [-0.2, -0.15) is 0 Å². The van der Waals surface area contributed by atoms with E-state index in [0.717, 1.165) is 33.9 Å². The van der Waals surface area contributed by atoms with E-state index < -0.39 is 10.8 Å². The van der Waals surface area contributed by atoms with Crippen molar-refractivity contribution < 1.29 is 0 Å². The summed E-state index contributed by atoms with van der Waals surface area (Å²) < 4.78 is 2.38. The molecule has 2 aliphatic rings. The molecule has 2 aliphatic carbocycles. The molecule has 384 valence electrons. The van der Waals surface area contributed by atoms with Crippen molar-refractivity contribution in [1.82, 2.24) is 4.57 Å². The van der Waals surface area contributed by atoms with E-state index in [1.54, 1.807) is 0 Å². The highest BCUT2D eigenvalue weighted by Crippen LogP contribution is 2.59. The van der Waals surface area contributed by atoms with Crippen molar-refractivity contribution in [1.29, 1.82) is 0 Å². The van der Waals surface area contributed by atoms with Crippen LogP contribution in [0.2, 0.25) is 0 Å². The van der Waals surface area contributed by atoms with Crippen LogP contribution in [0.4, 0.5) is 17.1 Å². The topological polar surface area (TPSA) is 8.17 Å². The Bertz CT molecular complexity index is 4560. The number of nitrogens with zero attached hydrogens (tertiary/aromatic N) is 2. The van der Waals surface area contributed by atoms with Gasteiger partial charge in [0.15, 0.2) is 0 Å². The molecule has 0 aliphatic heterocycles. The summed E-state index contributed by atoms with van der Waals surface area (Å²) in [6.07, 6.45) is 0. The van der Waals surface area contributed by atoms with E-state index in [4.69, 9.17) is 0 Å². The number of para-hydroxylation sites is 2. The zero-order chi connectivity index (χ0) is 54.2. The molecule has 0 unspecified atom stereocenters. The summed E-state index contributed by atoms with van der Waals surface area (Å²) in [4.78, 5) is 2.44. The maximum absolute atomic E-state index is 2.47. The average Bonchev–Trinajstić information content (AvgIpc) is 4.29. The van der Waals surface area contributed by atoms with Gasteiger partial charge in [0, 0.05) is 33.5 Å². The minimum atomic E-state index is -0.542. The molecule has 16 rings (SSSR count). The highest BCUT2D eigenvalue weighted by molar-refractivity contribution is 6.09. The third-order valence-electron chi connectivity index (χ3n) is 17.8. The molecule has 0 amide bonds. The van der Waals surface area contributed by atoms with Crippen LogP contribution in [0.5, 0.6) is 0 Å². The molecule has 0 fully saturated rings. The van der Waals surface area contributed by atoms with E-state index in [9.17, 15) is 0 Å². The maximum atomic E-state index is 2.47. The minimum Gasteiger partial charge on any atom is -0.310 e. The third-order valence-corrected chi connectivity index (χ3v) is 17.8. The van der Waals surface area contributed by atoms with E-state index in [-0.39, 0.29) is 0 Å². The summed E-state index contributed by atoms with van der Waals surface area (Å²) in [7, 11) is 0. The van der Waals surface area contributed by atoms with Crippen molar-refractivity contribution in [3.63, 3.8) is 0 Å². The summed E-state index contributed by atoms with van der Waals surface area (Å²) in [5.74, 6) is 0. The van der Waals surface area contributed by atoms with Gasteiger partial charge in [0.1, 0.15) is 0 Å². The minimum absolute atomic E-state index is 0.445. The molecule has 13 aromatic carbocycles. The molecule has 14 aromatic rings. The first-order valence-electron chi connectivity index (χ1n) is 28.5. The van der Waals surface area contributed by atoms with Gasteiger partial charge in [0.2, 0.25) is 0 Å². The normalized spacial score (nSPS) is 13.3. The van der Waals surface area contributed by atoms with Crippen LogP contribution < -0.4 is 4.90 Å². The van der Waals surface area contributed by atoms with E-state index >= 15 is 0 Å². The summed E-state index contributed by atoms with van der Waals surface area (Å²) >= 11 is 0. The standard InChI is InChI=1S/C80H54N2/c1-5-21-59(22-6-1)79(60-23-7-2-8-24-60)74-34-18-14-30-68(74)72-53-58(43-52-75(72)79)57-41-46-64(47-42-57)81(63-44-37-55(38-45-63)56-39-48-65(49-40-56)82-77-35-19-15-31-70(77)71-32-16-20-36-78(71)82)66-50-51-69-67-29-13-17-33-73(67)80(76(69)54-66,61-25-9-3-10-26-61)62-27-11-4-12-28-62/h1-54H. The Morgan fingerprint density at radius 1 is 0.232 bits per heavy atom. The molecular formula is C80H54N2. The highest BCUT2D eigenvalue weighted by atomic mass is 15.1. The van der Waals surface area contributed by atoms with Gasteiger partial charge in [-0.05, 0) is 156 Å². The maximum Gasteiger partial charge on any atom is 0.0714 e. The number of hydrogen-bond acceptors (Lipinski definition) is 1. The largest absolute Gasteiger partial charge is 0.310 e. The predicted octanol–water partition coefficient (Wildman–Crippen LogP) is 20.3. The summed E-state index contributed by atoms with van der Waals surface area (Å²) in [6.45, 7) is 0. The van der Waals surface area contributed by atoms with Crippen molar-refractivity contribution in [2.24, 2.45) is 0 Å². The molecule has 2 heteroatoms. The zero-order valence-electron chi connectivity index (χ0n) is 45.1. The van der Waals surface area contributed by atoms with Crippen LogP contribution in [0.25, 0.3) is 72.0 Å². The van der Waals surface area contributed by atoms with Crippen molar-refractivity contribution >= 4 is 38.9 Å². The lowest BCUT2D eigenvalue weighted by Crippen LogP contribution is -2.28. The average molecular weight is 1040 g/mol. The fraction of sp³-hybridized carbons (Fsp3) is 0.0250. The molecule has 1 heterocycles. The Kier molecular flexibility index (Phi) is 11.0. The molecule has 2 nitrogen and oxygen atoms in total. The molecule has 0 atom stereocenters. The first-order valence-corrected chi connectivity index (χ1v) is 28.5. The molecule has 0 radical (unpaired) electrons. The molecule has 1 aromatic heterocycles. The first kappa shape index (κ1) is 47.5. The second-order valence-electron chi connectivity index (χ2n) is 21.9. The van der Waals surface area contributed by atoms with Crippen LogP contribution in [0.15, 0.2) is 328 Å². The van der Waals surface area contributed by atoms with E-state index in [0.29, 0.717) is 0 Å². The SMILES string of the molecule is c1ccc(C2(c3ccccc3)c3ccccc3-c3cc(-c4ccc(N(c5ccc(-c6ccc(-n7c8ccccc8c8ccccc87)cc6)cc5)c5ccc6c(c5)C(c5ccccc5)(c5ccccc5)c5ccccc5-6)cc4)ccc32)cc1. The molecule has 0 N–H and O–H groups in total. The van der Waals surface area contributed by atoms with Crippen LogP contribution in [0.3, 0.4) is 0 Å². The second kappa shape index (κ2) is 19.1. The van der Waals surface area contributed by atoms with Gasteiger partial charge in [-0.3, -0.25) is 0 Å². The fourth-order valence-corrected chi connectivity index (χ4v) is 14.3. The summed E-state index contributed by atoms with van der Waals surface area (Å²) in [5.41, 5.74) is 25.8. The summed E-state index contributed by atoms with van der Waals surface area (Å²) in [5, 5.41) is 2.53. The molecular weight excluding hydrogens is 989 g/mol. The second-order valence-corrected chi connectivity index (χ2v) is 21.9. The van der Waals surface area contributed by atoms with Crippen molar-refractivity contribution in [2.45, 2.75) is 10.8 Å². The molecule has 0 saturated carbocycles. The Morgan fingerprint density at radius 3 is 1.09 bits per heavy atom. The van der Waals surface area contributed by atoms with Gasteiger partial charge in [0.25, 0.3) is 0 Å². The lowest BCUT2D eigenvalue weighted by atomic mass is 9.67.